The SMILES string of the molecule is S=C(S)c1cccc(-c2ccc3ccc4ccc5cccnc5c4c3n2)c1. The van der Waals surface area contributed by atoms with Crippen molar-refractivity contribution in [3.8, 4) is 11.3 Å². The van der Waals surface area contributed by atoms with Crippen molar-refractivity contribution < 1.29 is 0 Å². The fraction of sp³-hybridized carbons (Fsp3) is 0. The van der Waals surface area contributed by atoms with E-state index in [4.69, 9.17) is 17.2 Å². The number of benzene rings is 3. The highest BCUT2D eigenvalue weighted by Crippen LogP contribution is 2.31. The lowest BCUT2D eigenvalue weighted by Crippen LogP contribution is -1.91. The minimum atomic E-state index is 0.582. The Morgan fingerprint density at radius 2 is 1.52 bits per heavy atom. The lowest BCUT2D eigenvalue weighted by molar-refractivity contribution is 1.40. The molecular weight excluding hydrogens is 368 g/mol. The van der Waals surface area contributed by atoms with Gasteiger partial charge in [0.15, 0.2) is 0 Å². The van der Waals surface area contributed by atoms with E-state index >= 15 is 0 Å². The molecule has 2 heterocycles. The van der Waals surface area contributed by atoms with Crippen LogP contribution in [0.25, 0.3) is 43.8 Å². The highest BCUT2D eigenvalue weighted by molar-refractivity contribution is 8.11. The van der Waals surface area contributed by atoms with Gasteiger partial charge < -0.3 is 0 Å². The van der Waals surface area contributed by atoms with Crippen LogP contribution in [0.2, 0.25) is 0 Å². The largest absolute Gasteiger partial charge is 0.256 e. The predicted molar refractivity (Wildman–Crippen MR) is 121 cm³/mol. The number of hydrogen-bond acceptors (Lipinski definition) is 3. The molecule has 27 heavy (non-hydrogen) atoms. The van der Waals surface area contributed by atoms with E-state index in [0.29, 0.717) is 4.20 Å². The predicted octanol–water partition coefficient (Wildman–Crippen LogP) is 6.21. The molecule has 0 aliphatic rings. The Kier molecular flexibility index (Phi) is 3.88. The van der Waals surface area contributed by atoms with Crippen LogP contribution in [-0.4, -0.2) is 14.2 Å². The van der Waals surface area contributed by atoms with Crippen molar-refractivity contribution in [1.82, 2.24) is 9.97 Å². The van der Waals surface area contributed by atoms with Crippen molar-refractivity contribution in [1.29, 1.82) is 0 Å². The van der Waals surface area contributed by atoms with Crippen molar-refractivity contribution in [2.24, 2.45) is 0 Å². The Hall–Kier alpha value is -2.82. The van der Waals surface area contributed by atoms with Gasteiger partial charge in [-0.05, 0) is 29.1 Å². The van der Waals surface area contributed by atoms with Crippen molar-refractivity contribution >= 4 is 61.6 Å². The molecule has 0 N–H and O–H groups in total. The summed E-state index contributed by atoms with van der Waals surface area (Å²) >= 11 is 9.50. The summed E-state index contributed by atoms with van der Waals surface area (Å²) in [6.45, 7) is 0. The number of thiocarbonyl (C=S) groups is 1. The second-order valence-electron chi connectivity index (χ2n) is 6.46. The minimum absolute atomic E-state index is 0.582. The number of aromatic nitrogens is 2. The van der Waals surface area contributed by atoms with E-state index in [1.54, 1.807) is 0 Å². The summed E-state index contributed by atoms with van der Waals surface area (Å²) in [5.41, 5.74) is 4.81. The van der Waals surface area contributed by atoms with E-state index in [1.807, 2.05) is 42.6 Å². The number of rotatable bonds is 2. The van der Waals surface area contributed by atoms with Gasteiger partial charge in [-0.3, -0.25) is 4.98 Å². The maximum atomic E-state index is 5.20. The maximum Gasteiger partial charge on any atom is 0.0809 e. The lowest BCUT2D eigenvalue weighted by Gasteiger charge is -2.09. The van der Waals surface area contributed by atoms with E-state index in [0.717, 1.165) is 49.4 Å². The maximum absolute atomic E-state index is 5.20. The number of pyridine rings is 2. The van der Waals surface area contributed by atoms with E-state index in [1.165, 1.54) is 0 Å². The van der Waals surface area contributed by atoms with Crippen LogP contribution in [0.1, 0.15) is 5.56 Å². The van der Waals surface area contributed by atoms with Gasteiger partial charge in [0.05, 0.1) is 20.9 Å². The number of hydrogen-bond donors (Lipinski definition) is 1. The monoisotopic (exact) mass is 382 g/mol. The summed E-state index contributed by atoms with van der Waals surface area (Å²) in [6.07, 6.45) is 1.83. The zero-order chi connectivity index (χ0) is 18.4. The van der Waals surface area contributed by atoms with Crippen LogP contribution in [-0.2, 0) is 0 Å². The van der Waals surface area contributed by atoms with Gasteiger partial charge in [0.1, 0.15) is 0 Å². The topological polar surface area (TPSA) is 25.8 Å². The Labute approximate surface area is 167 Å². The van der Waals surface area contributed by atoms with E-state index in [9.17, 15) is 0 Å². The molecule has 0 bridgehead atoms. The van der Waals surface area contributed by atoms with Crippen LogP contribution < -0.4 is 0 Å². The molecule has 0 radical (unpaired) electrons. The molecule has 2 nitrogen and oxygen atoms in total. The van der Waals surface area contributed by atoms with Gasteiger partial charge in [-0.1, -0.05) is 66.8 Å². The van der Waals surface area contributed by atoms with Crippen LogP contribution in [0.5, 0.6) is 0 Å². The third-order valence-corrected chi connectivity index (χ3v) is 5.31. The smallest absolute Gasteiger partial charge is 0.0809 e. The molecule has 0 amide bonds. The average molecular weight is 383 g/mol. The summed E-state index contributed by atoms with van der Waals surface area (Å²) in [4.78, 5) is 9.65. The molecule has 0 spiro atoms. The molecule has 4 heteroatoms. The van der Waals surface area contributed by atoms with Gasteiger partial charge in [-0.15, -0.1) is 12.6 Å². The summed E-state index contributed by atoms with van der Waals surface area (Å²) in [5.74, 6) is 0. The standard InChI is InChI=1S/C23H14N2S2/c26-23(27)18-4-1-3-17(13-18)19-11-10-16-9-7-14-6-8-15-5-2-12-24-21(15)20(14)22(16)25-19/h1-13H,(H,26,27). The Morgan fingerprint density at radius 1 is 0.778 bits per heavy atom. The molecule has 3 aromatic carbocycles. The minimum Gasteiger partial charge on any atom is -0.256 e. The summed E-state index contributed by atoms with van der Waals surface area (Å²) in [6, 6.07) is 24.7. The van der Waals surface area contributed by atoms with Crippen LogP contribution >= 0.6 is 24.8 Å². The summed E-state index contributed by atoms with van der Waals surface area (Å²) in [5, 5.41) is 4.45. The van der Waals surface area contributed by atoms with Gasteiger partial charge in [0, 0.05) is 27.9 Å². The van der Waals surface area contributed by atoms with Crippen LogP contribution in [0.15, 0.2) is 79.0 Å². The van der Waals surface area contributed by atoms with Gasteiger partial charge in [0.2, 0.25) is 0 Å². The third-order valence-electron chi connectivity index (χ3n) is 4.82. The first-order chi connectivity index (χ1) is 13.2. The molecule has 2 aromatic heterocycles. The first-order valence-electron chi connectivity index (χ1n) is 8.62. The molecule has 0 saturated heterocycles. The normalized spacial score (nSPS) is 11.3. The number of thiol groups is 1. The fourth-order valence-electron chi connectivity index (χ4n) is 3.51. The molecule has 5 aromatic rings. The third kappa shape index (κ3) is 2.78. The van der Waals surface area contributed by atoms with Gasteiger partial charge in [0.25, 0.3) is 0 Å². The van der Waals surface area contributed by atoms with Crippen molar-refractivity contribution in [2.75, 3.05) is 0 Å². The first-order valence-corrected chi connectivity index (χ1v) is 9.47. The quantitative estimate of drug-likeness (QED) is 0.223. The van der Waals surface area contributed by atoms with Gasteiger partial charge in [-0.2, -0.15) is 0 Å². The van der Waals surface area contributed by atoms with Gasteiger partial charge in [-0.25, -0.2) is 4.98 Å². The molecule has 0 aliphatic heterocycles. The molecule has 0 aliphatic carbocycles. The molecule has 5 rings (SSSR count). The number of nitrogens with zero attached hydrogens (tertiary/aromatic N) is 2. The lowest BCUT2D eigenvalue weighted by atomic mass is 10.0. The second kappa shape index (κ2) is 6.41. The van der Waals surface area contributed by atoms with E-state index in [2.05, 4.69) is 54.0 Å². The summed E-state index contributed by atoms with van der Waals surface area (Å²) < 4.78 is 0.582. The van der Waals surface area contributed by atoms with E-state index < -0.39 is 0 Å². The zero-order valence-corrected chi connectivity index (χ0v) is 16.0. The Bertz CT molecular complexity index is 1350. The van der Waals surface area contributed by atoms with Crippen LogP contribution in [0.3, 0.4) is 0 Å². The molecule has 0 saturated carbocycles. The fourth-order valence-corrected chi connectivity index (χ4v) is 3.77. The Balaban J connectivity index is 1.84. The van der Waals surface area contributed by atoms with Crippen LogP contribution in [0, 0.1) is 0 Å². The van der Waals surface area contributed by atoms with E-state index in [-0.39, 0.29) is 0 Å². The molecule has 0 atom stereocenters. The highest BCUT2D eigenvalue weighted by Gasteiger charge is 2.10. The highest BCUT2D eigenvalue weighted by atomic mass is 32.1. The molecular formula is C23H14N2S2. The Morgan fingerprint density at radius 3 is 2.33 bits per heavy atom. The summed E-state index contributed by atoms with van der Waals surface area (Å²) in [7, 11) is 0. The molecule has 0 fully saturated rings. The van der Waals surface area contributed by atoms with Crippen molar-refractivity contribution in [3.05, 3.63) is 84.6 Å². The zero-order valence-electron chi connectivity index (χ0n) is 14.3. The second-order valence-corrected chi connectivity index (χ2v) is 7.62. The first kappa shape index (κ1) is 16.4. The number of fused-ring (bicyclic) bond motifs is 5. The van der Waals surface area contributed by atoms with Crippen molar-refractivity contribution in [2.45, 2.75) is 0 Å². The van der Waals surface area contributed by atoms with Crippen LogP contribution in [0.4, 0.5) is 0 Å². The molecule has 128 valence electrons. The van der Waals surface area contributed by atoms with Gasteiger partial charge >= 0.3 is 0 Å². The molecule has 0 unspecified atom stereocenters. The van der Waals surface area contributed by atoms with Crippen molar-refractivity contribution in [3.63, 3.8) is 0 Å². The average Bonchev–Trinajstić information content (AvgIpc) is 2.73.